The molecular weight excluding hydrogens is 170 g/mol. The molecule has 2 heterocycles. The summed E-state index contributed by atoms with van der Waals surface area (Å²) in [5, 5.41) is 18.3. The van der Waals surface area contributed by atoms with Gasteiger partial charge in [0.05, 0.1) is 0 Å². The zero-order chi connectivity index (χ0) is 9.26. The molecule has 0 aliphatic carbocycles. The lowest BCUT2D eigenvalue weighted by molar-refractivity contribution is 0.0690. The highest BCUT2D eigenvalue weighted by molar-refractivity contribution is 5.85. The SMILES string of the molecule is O=C(O)c1cc(C2CCNC2)[nH]n1. The van der Waals surface area contributed by atoms with Gasteiger partial charge in [0.25, 0.3) is 0 Å². The summed E-state index contributed by atoms with van der Waals surface area (Å²) in [6.45, 7) is 1.90. The molecule has 2 rings (SSSR count). The number of carboxylic acid groups (broad SMARTS) is 1. The zero-order valence-corrected chi connectivity index (χ0v) is 7.08. The fourth-order valence-corrected chi connectivity index (χ4v) is 1.58. The van der Waals surface area contributed by atoms with Gasteiger partial charge in [-0.1, -0.05) is 0 Å². The number of carbonyl (C=O) groups is 1. The Labute approximate surface area is 75.2 Å². The van der Waals surface area contributed by atoms with Crippen LogP contribution in [0.1, 0.15) is 28.5 Å². The molecule has 1 aliphatic rings. The molecular formula is C8H11N3O2. The van der Waals surface area contributed by atoms with E-state index in [9.17, 15) is 4.79 Å². The first-order valence-electron chi connectivity index (χ1n) is 4.26. The summed E-state index contributed by atoms with van der Waals surface area (Å²) in [4.78, 5) is 10.5. The van der Waals surface area contributed by atoms with E-state index >= 15 is 0 Å². The van der Waals surface area contributed by atoms with E-state index in [4.69, 9.17) is 5.11 Å². The molecule has 1 unspecified atom stereocenters. The Hall–Kier alpha value is -1.36. The maximum Gasteiger partial charge on any atom is 0.356 e. The third kappa shape index (κ3) is 1.55. The van der Waals surface area contributed by atoms with Crippen molar-refractivity contribution in [1.82, 2.24) is 15.5 Å². The molecule has 5 nitrogen and oxygen atoms in total. The Bertz CT molecular complexity index is 315. The second kappa shape index (κ2) is 3.18. The Morgan fingerprint density at radius 3 is 3.08 bits per heavy atom. The maximum atomic E-state index is 10.5. The largest absolute Gasteiger partial charge is 0.476 e. The third-order valence-electron chi connectivity index (χ3n) is 2.32. The molecule has 3 N–H and O–H groups in total. The molecule has 0 spiro atoms. The van der Waals surface area contributed by atoms with Crippen molar-refractivity contribution >= 4 is 5.97 Å². The lowest BCUT2D eigenvalue weighted by Crippen LogP contribution is -2.08. The van der Waals surface area contributed by atoms with Gasteiger partial charge in [-0.15, -0.1) is 0 Å². The van der Waals surface area contributed by atoms with E-state index in [1.807, 2.05) is 0 Å². The van der Waals surface area contributed by atoms with E-state index in [0.717, 1.165) is 25.2 Å². The highest BCUT2D eigenvalue weighted by Crippen LogP contribution is 2.20. The fraction of sp³-hybridized carbons (Fsp3) is 0.500. The second-order valence-electron chi connectivity index (χ2n) is 3.20. The quantitative estimate of drug-likeness (QED) is 0.608. The van der Waals surface area contributed by atoms with E-state index < -0.39 is 5.97 Å². The lowest BCUT2D eigenvalue weighted by atomic mass is 10.1. The van der Waals surface area contributed by atoms with Crippen LogP contribution in [0.4, 0.5) is 0 Å². The highest BCUT2D eigenvalue weighted by Gasteiger charge is 2.19. The Kier molecular flexibility index (Phi) is 2.02. The van der Waals surface area contributed by atoms with Crippen LogP contribution in [0.2, 0.25) is 0 Å². The zero-order valence-electron chi connectivity index (χ0n) is 7.08. The van der Waals surface area contributed by atoms with Gasteiger partial charge in [-0.05, 0) is 19.0 Å². The van der Waals surface area contributed by atoms with Gasteiger partial charge in [-0.25, -0.2) is 4.79 Å². The van der Waals surface area contributed by atoms with Crippen molar-refractivity contribution in [1.29, 1.82) is 0 Å². The first kappa shape index (κ1) is 8.25. The van der Waals surface area contributed by atoms with Crippen molar-refractivity contribution < 1.29 is 9.90 Å². The summed E-state index contributed by atoms with van der Waals surface area (Å²) < 4.78 is 0. The normalized spacial score (nSPS) is 22.0. The van der Waals surface area contributed by atoms with Crippen LogP contribution in [0.5, 0.6) is 0 Å². The number of aromatic carboxylic acids is 1. The van der Waals surface area contributed by atoms with Crippen LogP contribution in [0.3, 0.4) is 0 Å². The van der Waals surface area contributed by atoms with E-state index in [1.54, 1.807) is 6.07 Å². The van der Waals surface area contributed by atoms with Gasteiger partial charge in [0.15, 0.2) is 5.69 Å². The minimum atomic E-state index is -0.978. The van der Waals surface area contributed by atoms with Crippen molar-refractivity contribution in [3.05, 3.63) is 17.5 Å². The maximum absolute atomic E-state index is 10.5. The minimum absolute atomic E-state index is 0.0990. The van der Waals surface area contributed by atoms with Crippen molar-refractivity contribution in [2.45, 2.75) is 12.3 Å². The lowest BCUT2D eigenvalue weighted by Gasteiger charge is -2.02. The fourth-order valence-electron chi connectivity index (χ4n) is 1.58. The number of H-pyrrole nitrogens is 1. The van der Waals surface area contributed by atoms with Gasteiger partial charge in [0, 0.05) is 18.2 Å². The molecule has 70 valence electrons. The van der Waals surface area contributed by atoms with Crippen molar-refractivity contribution in [3.8, 4) is 0 Å². The van der Waals surface area contributed by atoms with E-state index in [-0.39, 0.29) is 5.69 Å². The highest BCUT2D eigenvalue weighted by atomic mass is 16.4. The van der Waals surface area contributed by atoms with Crippen molar-refractivity contribution in [2.75, 3.05) is 13.1 Å². The molecule has 1 aliphatic heterocycles. The topological polar surface area (TPSA) is 78.0 Å². The number of rotatable bonds is 2. The average Bonchev–Trinajstić information content (AvgIpc) is 2.75. The molecule has 1 aromatic heterocycles. The second-order valence-corrected chi connectivity index (χ2v) is 3.20. The number of hydrogen-bond donors (Lipinski definition) is 3. The van der Waals surface area contributed by atoms with Crippen LogP contribution < -0.4 is 5.32 Å². The summed E-state index contributed by atoms with van der Waals surface area (Å²) in [6.07, 6.45) is 1.04. The van der Waals surface area contributed by atoms with E-state index in [2.05, 4.69) is 15.5 Å². The number of aromatic amines is 1. The Morgan fingerprint density at radius 2 is 2.54 bits per heavy atom. The summed E-state index contributed by atoms with van der Waals surface area (Å²) >= 11 is 0. The third-order valence-corrected chi connectivity index (χ3v) is 2.32. The molecule has 1 aromatic rings. The number of carboxylic acids is 1. The monoisotopic (exact) mass is 181 g/mol. The molecule has 0 saturated carbocycles. The molecule has 1 saturated heterocycles. The van der Waals surface area contributed by atoms with Crippen LogP contribution in [0.15, 0.2) is 6.07 Å². The van der Waals surface area contributed by atoms with E-state index in [1.165, 1.54) is 0 Å². The number of hydrogen-bond acceptors (Lipinski definition) is 3. The molecule has 0 bridgehead atoms. The predicted molar refractivity (Wildman–Crippen MR) is 45.8 cm³/mol. The van der Waals surface area contributed by atoms with Crippen molar-refractivity contribution in [3.63, 3.8) is 0 Å². The van der Waals surface area contributed by atoms with Gasteiger partial charge < -0.3 is 10.4 Å². The minimum Gasteiger partial charge on any atom is -0.476 e. The van der Waals surface area contributed by atoms with Crippen LogP contribution in [-0.4, -0.2) is 34.4 Å². The summed E-state index contributed by atoms with van der Waals surface area (Å²) in [5.41, 5.74) is 1.02. The van der Waals surface area contributed by atoms with Gasteiger partial charge in [-0.2, -0.15) is 5.10 Å². The van der Waals surface area contributed by atoms with Crippen LogP contribution in [0.25, 0.3) is 0 Å². The first-order chi connectivity index (χ1) is 6.27. The van der Waals surface area contributed by atoms with Gasteiger partial charge in [0.1, 0.15) is 0 Å². The predicted octanol–water partition coefficient (Wildman–Crippen LogP) is 0.185. The molecule has 1 fully saturated rings. The first-order valence-corrected chi connectivity index (χ1v) is 4.26. The van der Waals surface area contributed by atoms with E-state index in [0.29, 0.717) is 5.92 Å². The molecule has 0 amide bonds. The number of nitrogens with one attached hydrogen (secondary N) is 2. The summed E-state index contributed by atoms with van der Waals surface area (Å²) in [7, 11) is 0. The summed E-state index contributed by atoms with van der Waals surface area (Å²) in [6, 6.07) is 1.61. The number of aromatic nitrogens is 2. The molecule has 0 aromatic carbocycles. The standard InChI is InChI=1S/C8H11N3O2/c12-8(13)7-3-6(10-11-7)5-1-2-9-4-5/h3,5,9H,1-2,4H2,(H,10,11)(H,12,13). The molecule has 13 heavy (non-hydrogen) atoms. The number of nitrogens with zero attached hydrogens (tertiary/aromatic N) is 1. The van der Waals surface area contributed by atoms with Gasteiger partial charge in [-0.3, -0.25) is 5.10 Å². The molecule has 5 heteroatoms. The van der Waals surface area contributed by atoms with Gasteiger partial charge >= 0.3 is 5.97 Å². The Balaban J connectivity index is 2.16. The Morgan fingerprint density at radius 1 is 1.69 bits per heavy atom. The van der Waals surface area contributed by atoms with Crippen molar-refractivity contribution in [2.24, 2.45) is 0 Å². The molecule has 0 radical (unpaired) electrons. The summed E-state index contributed by atoms with van der Waals surface area (Å²) in [5.74, 6) is -0.589. The average molecular weight is 181 g/mol. The van der Waals surface area contributed by atoms with Crippen LogP contribution in [-0.2, 0) is 0 Å². The smallest absolute Gasteiger partial charge is 0.356 e. The van der Waals surface area contributed by atoms with Gasteiger partial charge in [0.2, 0.25) is 0 Å². The van der Waals surface area contributed by atoms with Crippen LogP contribution in [0, 0.1) is 0 Å². The molecule has 1 atom stereocenters. The van der Waals surface area contributed by atoms with Crippen LogP contribution >= 0.6 is 0 Å².